The molecule has 1 aromatic carbocycles. The Kier molecular flexibility index (Phi) is 4.37. The number of rotatable bonds is 3. The highest BCUT2D eigenvalue weighted by Gasteiger charge is 2.34. The van der Waals surface area contributed by atoms with Crippen molar-refractivity contribution < 1.29 is 13.2 Å². The van der Waals surface area contributed by atoms with E-state index in [1.54, 1.807) is 18.2 Å². The van der Waals surface area contributed by atoms with Crippen molar-refractivity contribution in [1.29, 1.82) is 5.26 Å². The molecule has 20 heavy (non-hydrogen) atoms. The second-order valence-corrected chi connectivity index (χ2v) is 8.29. The van der Waals surface area contributed by atoms with E-state index < -0.39 is 9.05 Å². The maximum absolute atomic E-state index is 12.0. The van der Waals surface area contributed by atoms with E-state index in [-0.39, 0.29) is 30.5 Å². The van der Waals surface area contributed by atoms with E-state index in [2.05, 4.69) is 15.9 Å². The van der Waals surface area contributed by atoms with E-state index in [9.17, 15) is 13.2 Å². The molecule has 1 heterocycles. The van der Waals surface area contributed by atoms with Gasteiger partial charge in [0.1, 0.15) is 6.07 Å². The van der Waals surface area contributed by atoms with Gasteiger partial charge < -0.3 is 4.90 Å². The lowest BCUT2D eigenvalue weighted by Crippen LogP contribution is -2.26. The van der Waals surface area contributed by atoms with Gasteiger partial charge in [0.15, 0.2) is 0 Å². The fourth-order valence-electron chi connectivity index (χ4n) is 2.24. The van der Waals surface area contributed by atoms with Gasteiger partial charge >= 0.3 is 0 Å². The summed E-state index contributed by atoms with van der Waals surface area (Å²) in [4.78, 5) is 13.4. The second kappa shape index (κ2) is 5.72. The van der Waals surface area contributed by atoms with Gasteiger partial charge in [0.25, 0.3) is 0 Å². The highest BCUT2D eigenvalue weighted by molar-refractivity contribution is 9.10. The van der Waals surface area contributed by atoms with Crippen molar-refractivity contribution in [2.24, 2.45) is 5.92 Å². The fraction of sp³-hybridized carbons (Fsp3) is 0.333. The normalized spacial score (nSPS) is 19.1. The van der Waals surface area contributed by atoms with Crippen molar-refractivity contribution in [2.75, 3.05) is 17.2 Å². The predicted molar refractivity (Wildman–Crippen MR) is 79.0 cm³/mol. The summed E-state index contributed by atoms with van der Waals surface area (Å²) in [6.45, 7) is 0.251. The van der Waals surface area contributed by atoms with E-state index in [1.807, 2.05) is 6.07 Å². The van der Waals surface area contributed by atoms with Crippen molar-refractivity contribution in [2.45, 2.75) is 6.42 Å². The molecule has 1 aromatic rings. The van der Waals surface area contributed by atoms with Gasteiger partial charge in [-0.15, -0.1) is 0 Å². The van der Waals surface area contributed by atoms with Crippen LogP contribution >= 0.6 is 26.6 Å². The number of benzene rings is 1. The summed E-state index contributed by atoms with van der Waals surface area (Å²) in [7, 11) is 1.58. The molecule has 1 atom stereocenters. The zero-order valence-electron chi connectivity index (χ0n) is 10.2. The summed E-state index contributed by atoms with van der Waals surface area (Å²) < 4.78 is 22.9. The van der Waals surface area contributed by atoms with Gasteiger partial charge in [0, 0.05) is 34.0 Å². The summed E-state index contributed by atoms with van der Waals surface area (Å²) in [6, 6.07) is 7.04. The molecule has 1 unspecified atom stereocenters. The number of hydrogen-bond donors (Lipinski definition) is 0. The Morgan fingerprint density at radius 2 is 2.20 bits per heavy atom. The zero-order valence-corrected chi connectivity index (χ0v) is 13.4. The average molecular weight is 378 g/mol. The van der Waals surface area contributed by atoms with Gasteiger partial charge in [0.2, 0.25) is 15.0 Å². The predicted octanol–water partition coefficient (Wildman–Crippen LogP) is 2.24. The lowest BCUT2D eigenvalue weighted by molar-refractivity contribution is -0.117. The van der Waals surface area contributed by atoms with Crippen LogP contribution in [0, 0.1) is 17.2 Å². The van der Waals surface area contributed by atoms with Crippen LogP contribution in [0.15, 0.2) is 22.7 Å². The number of hydrogen-bond acceptors (Lipinski definition) is 4. The highest BCUT2D eigenvalue weighted by Crippen LogP contribution is 2.30. The van der Waals surface area contributed by atoms with Crippen LogP contribution in [-0.2, 0) is 13.8 Å². The Labute approximate surface area is 129 Å². The number of carbonyl (C=O) groups is 1. The van der Waals surface area contributed by atoms with Crippen LogP contribution in [0.4, 0.5) is 5.69 Å². The van der Waals surface area contributed by atoms with Crippen molar-refractivity contribution >= 4 is 47.3 Å². The van der Waals surface area contributed by atoms with Gasteiger partial charge in [-0.2, -0.15) is 5.26 Å². The van der Waals surface area contributed by atoms with Crippen LogP contribution < -0.4 is 4.90 Å². The standard InChI is InChI=1S/C12H10BrClN2O3S/c13-10-1-2-11(9(4-10)5-15)16-6-8(3-12(16)17)7-20(14,18)19/h1-2,4,8H,3,6-7H2. The first-order valence-electron chi connectivity index (χ1n) is 5.72. The second-order valence-electron chi connectivity index (χ2n) is 4.55. The van der Waals surface area contributed by atoms with Crippen molar-refractivity contribution in [3.05, 3.63) is 28.2 Å². The van der Waals surface area contributed by atoms with Crippen LogP contribution in [0.25, 0.3) is 0 Å². The van der Waals surface area contributed by atoms with E-state index >= 15 is 0 Å². The van der Waals surface area contributed by atoms with Crippen molar-refractivity contribution in [1.82, 2.24) is 0 Å². The van der Waals surface area contributed by atoms with Crippen LogP contribution in [-0.4, -0.2) is 26.6 Å². The molecule has 8 heteroatoms. The topological polar surface area (TPSA) is 78.2 Å². The number of carbonyl (C=O) groups excluding carboxylic acids is 1. The van der Waals surface area contributed by atoms with Crippen LogP contribution in [0.3, 0.4) is 0 Å². The Bertz CT molecular complexity index is 699. The molecular weight excluding hydrogens is 368 g/mol. The van der Waals surface area contributed by atoms with Crippen molar-refractivity contribution in [3.63, 3.8) is 0 Å². The Hall–Kier alpha value is -1.10. The smallest absolute Gasteiger partial charge is 0.232 e. The third-order valence-corrected chi connectivity index (χ3v) is 4.75. The fourth-order valence-corrected chi connectivity index (χ4v) is 3.92. The molecular formula is C12H10BrClN2O3S. The minimum Gasteiger partial charge on any atom is -0.311 e. The quantitative estimate of drug-likeness (QED) is 0.757. The Morgan fingerprint density at radius 3 is 2.80 bits per heavy atom. The molecule has 5 nitrogen and oxygen atoms in total. The maximum Gasteiger partial charge on any atom is 0.232 e. The molecule has 2 rings (SSSR count). The molecule has 1 fully saturated rings. The van der Waals surface area contributed by atoms with Crippen LogP contribution in [0.2, 0.25) is 0 Å². The molecule has 0 spiro atoms. The van der Waals surface area contributed by atoms with E-state index in [0.717, 1.165) is 4.47 Å². The average Bonchev–Trinajstić information content (AvgIpc) is 2.67. The van der Waals surface area contributed by atoms with E-state index in [1.165, 1.54) is 4.90 Å². The first-order chi connectivity index (χ1) is 9.30. The Morgan fingerprint density at radius 1 is 1.50 bits per heavy atom. The molecule has 1 amide bonds. The number of nitrogens with zero attached hydrogens (tertiary/aromatic N) is 2. The Balaban J connectivity index is 2.27. The lowest BCUT2D eigenvalue weighted by atomic mass is 10.1. The minimum absolute atomic E-state index is 0.118. The summed E-state index contributed by atoms with van der Waals surface area (Å²) in [5.74, 6) is -0.788. The third kappa shape index (κ3) is 3.51. The first-order valence-corrected chi connectivity index (χ1v) is 8.99. The minimum atomic E-state index is -3.64. The van der Waals surface area contributed by atoms with Gasteiger partial charge in [-0.25, -0.2) is 8.42 Å². The summed E-state index contributed by atoms with van der Waals surface area (Å²) in [6.07, 6.45) is 0.118. The molecule has 0 saturated carbocycles. The molecule has 0 N–H and O–H groups in total. The third-order valence-electron chi connectivity index (χ3n) is 3.01. The van der Waals surface area contributed by atoms with Gasteiger partial charge in [-0.1, -0.05) is 15.9 Å². The van der Waals surface area contributed by atoms with Crippen molar-refractivity contribution in [3.8, 4) is 6.07 Å². The zero-order chi connectivity index (χ0) is 14.9. The molecule has 0 aliphatic carbocycles. The monoisotopic (exact) mass is 376 g/mol. The number of anilines is 1. The molecule has 0 bridgehead atoms. The van der Waals surface area contributed by atoms with Crippen LogP contribution in [0.1, 0.15) is 12.0 Å². The molecule has 1 aliphatic heterocycles. The molecule has 1 saturated heterocycles. The summed E-state index contributed by atoms with van der Waals surface area (Å²) in [5, 5.41) is 9.12. The molecule has 106 valence electrons. The largest absolute Gasteiger partial charge is 0.311 e. The van der Waals surface area contributed by atoms with E-state index in [0.29, 0.717) is 11.3 Å². The summed E-state index contributed by atoms with van der Waals surface area (Å²) in [5.41, 5.74) is 0.859. The van der Waals surface area contributed by atoms with E-state index in [4.69, 9.17) is 15.9 Å². The molecule has 0 radical (unpaired) electrons. The first kappa shape index (κ1) is 15.3. The molecule has 1 aliphatic rings. The molecule has 0 aromatic heterocycles. The summed E-state index contributed by atoms with van der Waals surface area (Å²) >= 11 is 3.26. The number of nitriles is 1. The SMILES string of the molecule is N#Cc1cc(Br)ccc1N1CC(CS(=O)(=O)Cl)CC1=O. The number of amides is 1. The lowest BCUT2D eigenvalue weighted by Gasteiger charge is -2.18. The number of halogens is 2. The van der Waals surface area contributed by atoms with Crippen LogP contribution in [0.5, 0.6) is 0 Å². The van der Waals surface area contributed by atoms with Gasteiger partial charge in [0.05, 0.1) is 17.0 Å². The highest BCUT2D eigenvalue weighted by atomic mass is 79.9. The van der Waals surface area contributed by atoms with Gasteiger partial charge in [-0.05, 0) is 18.2 Å². The maximum atomic E-state index is 12.0. The van der Waals surface area contributed by atoms with Gasteiger partial charge in [-0.3, -0.25) is 4.79 Å².